The van der Waals surface area contributed by atoms with Crippen molar-refractivity contribution in [3.63, 3.8) is 0 Å². The van der Waals surface area contributed by atoms with Crippen molar-refractivity contribution in [2.75, 3.05) is 7.11 Å². The molecule has 9 nitrogen and oxygen atoms in total. The van der Waals surface area contributed by atoms with Crippen LogP contribution in [0.25, 0.3) is 0 Å². The Balaban J connectivity index is 2.20. The van der Waals surface area contributed by atoms with Gasteiger partial charge in [-0.05, 0) is 17.7 Å². The highest BCUT2D eigenvalue weighted by Crippen LogP contribution is 2.31. The number of pyridine rings is 1. The van der Waals surface area contributed by atoms with E-state index in [0.29, 0.717) is 0 Å². The topological polar surface area (TPSA) is 130 Å². The Morgan fingerprint density at radius 1 is 1.43 bits per heavy atom. The van der Waals surface area contributed by atoms with Gasteiger partial charge < -0.3 is 9.84 Å². The Bertz CT molecular complexity index is 761. The van der Waals surface area contributed by atoms with Gasteiger partial charge >= 0.3 is 0 Å². The van der Waals surface area contributed by atoms with Crippen LogP contribution in [-0.4, -0.2) is 29.1 Å². The van der Waals surface area contributed by atoms with Crippen LogP contribution in [0.5, 0.6) is 11.5 Å². The minimum atomic E-state index is -0.661. The molecule has 0 saturated carbocycles. The van der Waals surface area contributed by atoms with Crippen LogP contribution in [0.3, 0.4) is 0 Å². The molecule has 2 rings (SSSR count). The number of non-ortho nitro benzene ring substituents is 1. The number of hydrogen-bond donors (Lipinski definition) is 1. The molecule has 2 aromatic rings. The summed E-state index contributed by atoms with van der Waals surface area (Å²) in [5, 5.41) is 26.4. The molecule has 9 heteroatoms. The Morgan fingerprint density at radius 3 is 2.83 bits per heavy atom. The highest BCUT2D eigenvalue weighted by Gasteiger charge is 2.11. The first-order chi connectivity index (χ1) is 11.0. The number of benzene rings is 1. The van der Waals surface area contributed by atoms with Gasteiger partial charge in [0.1, 0.15) is 11.4 Å². The highest BCUT2D eigenvalue weighted by molar-refractivity contribution is 5.93. The fraction of sp³-hybridized carbons (Fsp3) is 0.0714. The molecule has 0 spiro atoms. The van der Waals surface area contributed by atoms with Gasteiger partial charge in [0.15, 0.2) is 0 Å². The van der Waals surface area contributed by atoms with Crippen LogP contribution in [0, 0.1) is 10.1 Å². The van der Waals surface area contributed by atoms with Crippen LogP contribution in [-0.2, 0) is 0 Å². The van der Waals surface area contributed by atoms with Crippen molar-refractivity contribution in [2.45, 2.75) is 0 Å². The number of nitrogens with zero attached hydrogens (tertiary/aromatic N) is 3. The number of ether oxygens (including phenoxy) is 1. The lowest BCUT2D eigenvalue weighted by molar-refractivity contribution is -0.385. The number of aromatic nitrogens is 1. The lowest BCUT2D eigenvalue weighted by Crippen LogP contribution is -2.18. The van der Waals surface area contributed by atoms with E-state index < -0.39 is 16.6 Å². The van der Waals surface area contributed by atoms with E-state index in [-0.39, 0.29) is 22.7 Å². The van der Waals surface area contributed by atoms with Crippen molar-refractivity contribution in [3.05, 3.63) is 57.9 Å². The average molecular weight is 315 g/mol. The van der Waals surface area contributed by atoms with E-state index in [1.165, 1.54) is 19.4 Å². The summed E-state index contributed by atoms with van der Waals surface area (Å²) in [6.07, 6.45) is 2.46. The van der Waals surface area contributed by atoms with Gasteiger partial charge in [-0.2, -0.15) is 5.10 Å². The minimum Gasteiger partial charge on any atom is -0.870 e. The monoisotopic (exact) mass is 315 g/mol. The molecular weight excluding hydrogens is 304 g/mol. The molecular formula is C14H11N4O5-. The van der Waals surface area contributed by atoms with Crippen LogP contribution in [0.4, 0.5) is 5.69 Å². The Kier molecular flexibility index (Phi) is 4.82. The van der Waals surface area contributed by atoms with E-state index in [4.69, 9.17) is 4.74 Å². The molecule has 1 aromatic heterocycles. The van der Waals surface area contributed by atoms with Crippen molar-refractivity contribution < 1.29 is 19.6 Å². The molecule has 0 aliphatic rings. The van der Waals surface area contributed by atoms with Crippen LogP contribution in [0.2, 0.25) is 0 Å². The van der Waals surface area contributed by atoms with Crippen molar-refractivity contribution >= 4 is 17.8 Å². The summed E-state index contributed by atoms with van der Waals surface area (Å²) in [7, 11) is 1.23. The number of nitro groups is 1. The molecule has 23 heavy (non-hydrogen) atoms. The Labute approximate surface area is 130 Å². The zero-order valence-electron chi connectivity index (χ0n) is 11.9. The second-order valence-electron chi connectivity index (χ2n) is 4.24. The largest absolute Gasteiger partial charge is 0.870 e. The number of hydrogen-bond acceptors (Lipinski definition) is 7. The maximum Gasteiger partial charge on any atom is 0.289 e. The fourth-order valence-corrected chi connectivity index (χ4v) is 1.68. The molecule has 0 saturated heterocycles. The van der Waals surface area contributed by atoms with E-state index in [1.807, 2.05) is 0 Å². The number of carbonyl (C=O) groups is 1. The molecule has 0 fully saturated rings. The minimum absolute atomic E-state index is 0.0858. The van der Waals surface area contributed by atoms with Gasteiger partial charge in [-0.15, -0.1) is 0 Å². The lowest BCUT2D eigenvalue weighted by atomic mass is 10.2. The molecule has 0 radical (unpaired) electrons. The number of carbonyl (C=O) groups excluding carboxylic acids is 1. The van der Waals surface area contributed by atoms with Crippen molar-refractivity contribution in [1.82, 2.24) is 10.4 Å². The van der Waals surface area contributed by atoms with Gasteiger partial charge in [0.2, 0.25) is 0 Å². The zero-order valence-corrected chi connectivity index (χ0v) is 11.9. The van der Waals surface area contributed by atoms with Crippen LogP contribution in [0.1, 0.15) is 16.1 Å². The first kappa shape index (κ1) is 15.9. The van der Waals surface area contributed by atoms with Gasteiger partial charge in [0.25, 0.3) is 11.6 Å². The first-order valence-corrected chi connectivity index (χ1v) is 6.31. The van der Waals surface area contributed by atoms with Gasteiger partial charge in [0, 0.05) is 12.3 Å². The van der Waals surface area contributed by atoms with Crippen molar-refractivity contribution in [2.24, 2.45) is 5.10 Å². The van der Waals surface area contributed by atoms with Crippen LogP contribution >= 0.6 is 0 Å². The van der Waals surface area contributed by atoms with Gasteiger partial charge in [0.05, 0.1) is 24.3 Å². The van der Waals surface area contributed by atoms with Gasteiger partial charge in [-0.3, -0.25) is 19.9 Å². The SMILES string of the molecule is COc1cc([N+](=O)[O-])cc(/C=N\NC(=O)c2ccccn2)c1[O-]. The molecule has 1 N–H and O–H groups in total. The van der Waals surface area contributed by atoms with E-state index in [2.05, 4.69) is 15.5 Å². The number of methoxy groups -OCH3 is 1. The number of nitro benzene ring substituents is 1. The van der Waals surface area contributed by atoms with Crippen LogP contribution < -0.4 is 15.3 Å². The summed E-state index contributed by atoms with van der Waals surface area (Å²) in [6.45, 7) is 0. The zero-order chi connectivity index (χ0) is 16.8. The summed E-state index contributed by atoms with van der Waals surface area (Å²) >= 11 is 0. The van der Waals surface area contributed by atoms with E-state index >= 15 is 0 Å². The summed E-state index contributed by atoms with van der Waals surface area (Å²) in [4.78, 5) is 25.7. The highest BCUT2D eigenvalue weighted by atomic mass is 16.6. The predicted octanol–water partition coefficient (Wildman–Crippen LogP) is 0.836. The predicted molar refractivity (Wildman–Crippen MR) is 78.4 cm³/mol. The quantitative estimate of drug-likeness (QED) is 0.494. The Hall–Kier alpha value is -3.49. The van der Waals surface area contributed by atoms with Gasteiger partial charge in [-0.25, -0.2) is 5.43 Å². The van der Waals surface area contributed by atoms with Crippen molar-refractivity contribution in [1.29, 1.82) is 0 Å². The molecule has 0 unspecified atom stereocenters. The molecule has 1 amide bonds. The molecule has 0 aliphatic heterocycles. The maximum atomic E-state index is 12.0. The van der Waals surface area contributed by atoms with E-state index in [0.717, 1.165) is 18.3 Å². The molecule has 1 heterocycles. The summed E-state index contributed by atoms with van der Waals surface area (Å²) in [6, 6.07) is 6.83. The molecule has 0 bridgehead atoms. The van der Waals surface area contributed by atoms with Gasteiger partial charge in [-0.1, -0.05) is 11.8 Å². The average Bonchev–Trinajstić information content (AvgIpc) is 2.56. The third kappa shape index (κ3) is 3.79. The smallest absolute Gasteiger partial charge is 0.289 e. The lowest BCUT2D eigenvalue weighted by Gasteiger charge is -2.14. The van der Waals surface area contributed by atoms with E-state index in [9.17, 15) is 20.0 Å². The fourth-order valence-electron chi connectivity index (χ4n) is 1.68. The number of nitrogens with one attached hydrogen (secondary N) is 1. The molecule has 0 aliphatic carbocycles. The number of hydrazone groups is 1. The summed E-state index contributed by atoms with van der Waals surface area (Å²) in [5.41, 5.74) is 1.92. The second kappa shape index (κ2) is 6.98. The third-order valence-electron chi connectivity index (χ3n) is 2.77. The number of amides is 1. The second-order valence-corrected chi connectivity index (χ2v) is 4.24. The molecule has 0 atom stereocenters. The maximum absolute atomic E-state index is 12.0. The van der Waals surface area contributed by atoms with E-state index in [1.54, 1.807) is 12.1 Å². The third-order valence-corrected chi connectivity index (χ3v) is 2.77. The molecule has 1 aromatic carbocycles. The van der Waals surface area contributed by atoms with Crippen LogP contribution in [0.15, 0.2) is 41.6 Å². The Morgan fingerprint density at radius 2 is 2.22 bits per heavy atom. The normalized spacial score (nSPS) is 10.5. The first-order valence-electron chi connectivity index (χ1n) is 6.31. The summed E-state index contributed by atoms with van der Waals surface area (Å²) < 4.78 is 4.80. The summed E-state index contributed by atoms with van der Waals surface area (Å²) in [5.74, 6) is -1.34. The number of rotatable bonds is 5. The van der Waals surface area contributed by atoms with Crippen molar-refractivity contribution in [3.8, 4) is 11.5 Å². The standard InChI is InChI=1S/C14H12N4O5/c1-23-12-7-10(18(21)22)6-9(13(12)19)8-16-17-14(20)11-4-2-3-5-15-11/h2-8,19H,1H3,(H,17,20)/p-1/b16-8-. The molecule has 118 valence electrons.